The summed E-state index contributed by atoms with van der Waals surface area (Å²) in [5, 5.41) is 23.2. The van der Waals surface area contributed by atoms with Crippen molar-refractivity contribution < 1.29 is 13.6 Å². The summed E-state index contributed by atoms with van der Waals surface area (Å²) < 4.78 is 27.1. The van der Waals surface area contributed by atoms with E-state index in [4.69, 9.17) is 4.98 Å². The summed E-state index contributed by atoms with van der Waals surface area (Å²) in [6.07, 6.45) is 27.1. The number of rotatable bonds is 16. The first-order valence-corrected chi connectivity index (χ1v) is 27.6. The van der Waals surface area contributed by atoms with E-state index >= 15 is 0 Å². The Balaban J connectivity index is 0.000000195. The lowest BCUT2D eigenvalue weighted by Gasteiger charge is -2.15. The molecule has 0 radical (unpaired) electrons. The van der Waals surface area contributed by atoms with E-state index in [9.17, 15) is 13.6 Å². The van der Waals surface area contributed by atoms with Crippen molar-refractivity contribution in [2.24, 2.45) is 0 Å². The fourth-order valence-corrected chi connectivity index (χ4v) is 10.0. The third-order valence-corrected chi connectivity index (χ3v) is 14.3. The quantitative estimate of drug-likeness (QED) is 0.0472. The highest BCUT2D eigenvalue weighted by molar-refractivity contribution is 6.01. The maximum Gasteiger partial charge on any atom is 0.151 e. The minimum absolute atomic E-state index is 0.261. The summed E-state index contributed by atoms with van der Waals surface area (Å²) in [6, 6.07) is 28.3. The number of fused-ring (bicyclic) bond motifs is 3. The Hall–Kier alpha value is -10.1. The molecule has 14 heteroatoms. The highest BCUT2D eigenvalue weighted by Gasteiger charge is 2.18. The molecule has 0 unspecified atom stereocenters. The molecule has 0 aliphatic carbocycles. The monoisotopic (exact) mass is 1100 g/mol. The number of nitrogens with zero attached hydrogens (tertiary/aromatic N) is 6. The molecule has 0 spiro atoms. The van der Waals surface area contributed by atoms with E-state index in [0.29, 0.717) is 17.1 Å². The van der Waals surface area contributed by atoms with E-state index in [0.717, 1.165) is 130 Å². The summed E-state index contributed by atoms with van der Waals surface area (Å²) in [7, 11) is 0. The highest BCUT2D eigenvalue weighted by Crippen LogP contribution is 2.35. The molecule has 5 N–H and O–H groups in total. The molecule has 7 aromatic heterocycles. The van der Waals surface area contributed by atoms with Gasteiger partial charge in [-0.1, -0.05) is 112 Å². The van der Waals surface area contributed by atoms with Gasteiger partial charge in [0.15, 0.2) is 5.94 Å². The molecule has 0 atom stereocenters. The number of halogens is 2. The number of allylic oxidation sites excluding steroid dienone is 8. The topological polar surface area (TPSA) is 160 Å². The predicted octanol–water partition coefficient (Wildman–Crippen LogP) is 14.3. The van der Waals surface area contributed by atoms with Crippen LogP contribution in [0, 0.1) is 11.6 Å². The van der Waals surface area contributed by atoms with Crippen LogP contribution in [-0.4, -0.2) is 75.8 Å². The van der Waals surface area contributed by atoms with Crippen LogP contribution in [0.5, 0.6) is 0 Å². The van der Waals surface area contributed by atoms with Crippen LogP contribution in [0.25, 0.3) is 101 Å². The molecule has 1 fully saturated rings. The van der Waals surface area contributed by atoms with Crippen LogP contribution < -0.4 is 15.9 Å². The van der Waals surface area contributed by atoms with Gasteiger partial charge in [-0.05, 0) is 147 Å². The van der Waals surface area contributed by atoms with Crippen LogP contribution in [0.1, 0.15) is 58.7 Å². The van der Waals surface area contributed by atoms with E-state index in [1.54, 1.807) is 48.9 Å². The summed E-state index contributed by atoms with van der Waals surface area (Å²) in [5.74, 6) is 1.43. The van der Waals surface area contributed by atoms with Crippen LogP contribution in [0.3, 0.4) is 0 Å². The lowest BCUT2D eigenvalue weighted by atomic mass is 10.0. The average molecular weight is 1100 g/mol. The third kappa shape index (κ3) is 13.1. The van der Waals surface area contributed by atoms with Gasteiger partial charge < -0.3 is 15.3 Å². The Morgan fingerprint density at radius 2 is 1.30 bits per heavy atom. The van der Waals surface area contributed by atoms with Gasteiger partial charge in [-0.3, -0.25) is 30.0 Å². The molecule has 11 rings (SSSR count). The molecular formula is C69H65F2N11O. The molecule has 12 nitrogen and oxygen atoms in total. The van der Waals surface area contributed by atoms with Crippen molar-refractivity contribution in [2.75, 3.05) is 19.6 Å². The van der Waals surface area contributed by atoms with Crippen molar-refractivity contribution >= 4 is 62.1 Å². The van der Waals surface area contributed by atoms with Crippen molar-refractivity contribution in [3.05, 3.63) is 240 Å². The van der Waals surface area contributed by atoms with Gasteiger partial charge in [0.25, 0.3) is 0 Å². The van der Waals surface area contributed by atoms with Crippen LogP contribution in [0.2, 0.25) is 0 Å². The molecule has 10 aromatic rings. The molecule has 1 aliphatic heterocycles. The smallest absolute Gasteiger partial charge is 0.151 e. The summed E-state index contributed by atoms with van der Waals surface area (Å²) >= 11 is 0. The Morgan fingerprint density at radius 1 is 0.699 bits per heavy atom. The van der Waals surface area contributed by atoms with Crippen LogP contribution >= 0.6 is 0 Å². The van der Waals surface area contributed by atoms with Crippen LogP contribution in [0.4, 0.5) is 8.78 Å². The number of benzene rings is 3. The Morgan fingerprint density at radius 3 is 1.86 bits per heavy atom. The number of aromatic nitrogens is 9. The van der Waals surface area contributed by atoms with Crippen molar-refractivity contribution in [1.82, 2.24) is 55.5 Å². The summed E-state index contributed by atoms with van der Waals surface area (Å²) in [6.45, 7) is 25.4. The lowest BCUT2D eigenvalue weighted by molar-refractivity contribution is 0.371. The van der Waals surface area contributed by atoms with Gasteiger partial charge >= 0.3 is 0 Å². The molecule has 8 heterocycles. The largest absolute Gasteiger partial charge is 0.352 e. The second-order valence-electron chi connectivity index (χ2n) is 19.4. The first kappa shape index (κ1) is 57.5. The SMILES string of the molecule is C=C/C(=C\C(=C/C)C(=C)/C=c1/c(-c2cc3c(-c4ccc(F)cc4)cncc3[nH]2)n[nH]/c1=C/C)NC(=C=O)c1ccccc1.C=C/C(=C\C(=C/C)c1cc2c(-c3cc4c(-c5ccc(F)cc5)cncc4[nH]3)n[nH]c2cn1)CN1CCCC1.CC. The van der Waals surface area contributed by atoms with Gasteiger partial charge in [0.1, 0.15) is 28.7 Å². The second-order valence-corrected chi connectivity index (χ2v) is 19.4. The first-order chi connectivity index (χ1) is 40.6. The fraction of sp³-hybridized carbons (Fsp3) is 0.145. The molecule has 1 saturated heterocycles. The standard InChI is InChI=1S/C36H30FN5O.C31H29FN6.C2H6/c1-5-24(18-28(6-2)39-35(22-43)26-11-9-8-10-12-26)23(4)17-30-32(7-3)41-42-36(30)33-19-29-31(20-38-21-34(29)40-33)25-13-15-27(37)16-14-25;1-3-20(19-38-11-5-6-12-38)13-21(4-2)27-15-25-30(18-34-27)36-37-31(25)28-14-24-26(16-33-17-29(24)35-28)22-7-9-23(32)10-8-22;1-2/h5-21,39-41H,2,4H2,1,3H3;3-4,7-10,13-18,35H,1,5-6,11-12,19H2,2H3,(H,36,37);1-2H3/b24-5+,28-18+,30-17+,32-7+;20-13+,21-4+;. The number of pyridine rings is 3. The van der Waals surface area contributed by atoms with Gasteiger partial charge in [0, 0.05) is 62.7 Å². The molecule has 0 bridgehead atoms. The van der Waals surface area contributed by atoms with Gasteiger partial charge in [0.2, 0.25) is 0 Å². The van der Waals surface area contributed by atoms with Crippen LogP contribution in [0.15, 0.2) is 207 Å². The third-order valence-electron chi connectivity index (χ3n) is 14.3. The number of nitrogens with one attached hydrogen (secondary N) is 5. The van der Waals surface area contributed by atoms with Crippen molar-refractivity contribution in [1.29, 1.82) is 0 Å². The Bertz CT molecular complexity index is 4290. The van der Waals surface area contributed by atoms with Gasteiger partial charge in [-0.15, -0.1) is 0 Å². The first-order valence-electron chi connectivity index (χ1n) is 27.6. The summed E-state index contributed by atoms with van der Waals surface area (Å²) in [5.41, 5.74) is 15.7. The van der Waals surface area contributed by atoms with E-state index in [-0.39, 0.29) is 11.6 Å². The molecule has 1 aliphatic rings. The number of hydrogen-bond acceptors (Lipinski definition) is 8. The van der Waals surface area contributed by atoms with Crippen molar-refractivity contribution in [3.63, 3.8) is 0 Å². The summed E-state index contributed by atoms with van der Waals surface area (Å²) in [4.78, 5) is 34.6. The zero-order valence-electron chi connectivity index (χ0n) is 47.2. The molecule has 83 heavy (non-hydrogen) atoms. The van der Waals surface area contributed by atoms with Crippen LogP contribution in [-0.2, 0) is 4.79 Å². The van der Waals surface area contributed by atoms with Gasteiger partial charge in [-0.25, -0.2) is 13.6 Å². The van der Waals surface area contributed by atoms with E-state index in [2.05, 4.69) is 94.6 Å². The molecular weight excluding hydrogens is 1040 g/mol. The van der Waals surface area contributed by atoms with Gasteiger partial charge in [-0.2, -0.15) is 10.2 Å². The normalized spacial score (nSPS) is 13.6. The lowest BCUT2D eigenvalue weighted by Crippen LogP contribution is -2.23. The molecule has 0 amide bonds. The zero-order valence-corrected chi connectivity index (χ0v) is 47.2. The maximum atomic E-state index is 13.6. The number of carbonyl (C=O) groups excluding carboxylic acids is 1. The maximum absolute atomic E-state index is 13.6. The fourth-order valence-electron chi connectivity index (χ4n) is 10.0. The molecule has 3 aromatic carbocycles. The Labute approximate surface area is 481 Å². The van der Waals surface area contributed by atoms with Gasteiger partial charge in [0.05, 0.1) is 57.6 Å². The number of aromatic amines is 4. The van der Waals surface area contributed by atoms with E-state index < -0.39 is 0 Å². The number of hydrogen-bond donors (Lipinski definition) is 5. The van der Waals surface area contributed by atoms with Crippen molar-refractivity contribution in [3.8, 4) is 45.0 Å². The number of H-pyrrole nitrogens is 4. The number of likely N-dealkylation sites (tertiary alicyclic amines) is 1. The molecule has 416 valence electrons. The minimum Gasteiger partial charge on any atom is -0.352 e. The van der Waals surface area contributed by atoms with E-state index in [1.165, 1.54) is 42.7 Å². The molecule has 0 saturated carbocycles. The predicted molar refractivity (Wildman–Crippen MR) is 336 cm³/mol. The zero-order chi connectivity index (χ0) is 58.4. The van der Waals surface area contributed by atoms with E-state index in [1.807, 2.05) is 120 Å². The van der Waals surface area contributed by atoms with Crippen molar-refractivity contribution in [2.45, 2.75) is 47.5 Å². The minimum atomic E-state index is -0.290. The second kappa shape index (κ2) is 26.9. The Kier molecular flexibility index (Phi) is 18.6. The highest BCUT2D eigenvalue weighted by atomic mass is 19.1. The average Bonchev–Trinajstić information content (AvgIpc) is 4.52.